The van der Waals surface area contributed by atoms with Crippen molar-refractivity contribution in [2.45, 2.75) is 19.8 Å². The van der Waals surface area contributed by atoms with Crippen LogP contribution in [-0.2, 0) is 0 Å². The Morgan fingerprint density at radius 1 is 1.14 bits per heavy atom. The van der Waals surface area contributed by atoms with Gasteiger partial charge in [0.05, 0.1) is 11.4 Å². The van der Waals surface area contributed by atoms with Crippen molar-refractivity contribution in [1.82, 2.24) is 0 Å². The van der Waals surface area contributed by atoms with E-state index in [4.69, 9.17) is 0 Å². The molecule has 0 spiro atoms. The van der Waals surface area contributed by atoms with Gasteiger partial charge in [0.1, 0.15) is 5.82 Å². The molecule has 0 unspecified atom stereocenters. The van der Waals surface area contributed by atoms with Gasteiger partial charge < -0.3 is 4.90 Å². The van der Waals surface area contributed by atoms with Crippen molar-refractivity contribution in [2.75, 3.05) is 18.0 Å². The second-order valence-electron chi connectivity index (χ2n) is 5.59. The standard InChI is InChI=1S/C18H18BrFN2/c1-13-10-15(19)5-6-17(13)21-12-14-4-7-18(16(20)11-14)22-8-2-3-9-22/h4-7,10-12H,2-3,8-9H2,1H3. The van der Waals surface area contributed by atoms with E-state index in [1.807, 2.05) is 37.3 Å². The number of benzene rings is 2. The van der Waals surface area contributed by atoms with Gasteiger partial charge in [-0.15, -0.1) is 0 Å². The third-order valence-electron chi connectivity index (χ3n) is 3.93. The SMILES string of the molecule is Cc1cc(Br)ccc1N=Cc1ccc(N2CCCC2)c(F)c1. The first-order valence-corrected chi connectivity index (χ1v) is 8.27. The normalized spacial score (nSPS) is 15.0. The summed E-state index contributed by atoms with van der Waals surface area (Å²) in [5.74, 6) is -0.168. The van der Waals surface area contributed by atoms with Gasteiger partial charge in [0.15, 0.2) is 0 Å². The Kier molecular flexibility index (Phi) is 4.57. The number of halogens is 2. The summed E-state index contributed by atoms with van der Waals surface area (Å²) < 4.78 is 15.3. The maximum atomic E-state index is 14.3. The van der Waals surface area contributed by atoms with Crippen LogP contribution in [0.15, 0.2) is 45.9 Å². The first-order valence-electron chi connectivity index (χ1n) is 7.48. The molecule has 2 aromatic carbocycles. The minimum Gasteiger partial charge on any atom is -0.369 e. The number of rotatable bonds is 3. The summed E-state index contributed by atoms with van der Waals surface area (Å²) in [5.41, 5.74) is 3.46. The Hall–Kier alpha value is -1.68. The number of anilines is 1. The van der Waals surface area contributed by atoms with E-state index in [9.17, 15) is 4.39 Å². The van der Waals surface area contributed by atoms with E-state index in [0.29, 0.717) is 5.69 Å². The molecular weight excluding hydrogens is 343 g/mol. The molecule has 0 aromatic heterocycles. The van der Waals surface area contributed by atoms with Crippen molar-refractivity contribution >= 4 is 33.5 Å². The Morgan fingerprint density at radius 3 is 2.59 bits per heavy atom. The smallest absolute Gasteiger partial charge is 0.147 e. The first kappa shape index (κ1) is 15.2. The summed E-state index contributed by atoms with van der Waals surface area (Å²) in [4.78, 5) is 6.57. The number of nitrogens with zero attached hydrogens (tertiary/aromatic N) is 2. The molecule has 2 aromatic rings. The third-order valence-corrected chi connectivity index (χ3v) is 4.42. The zero-order valence-electron chi connectivity index (χ0n) is 12.5. The van der Waals surface area contributed by atoms with Crippen molar-refractivity contribution in [3.63, 3.8) is 0 Å². The van der Waals surface area contributed by atoms with Gasteiger partial charge in [0.2, 0.25) is 0 Å². The molecule has 0 amide bonds. The quantitative estimate of drug-likeness (QED) is 0.682. The molecule has 22 heavy (non-hydrogen) atoms. The van der Waals surface area contributed by atoms with Gasteiger partial charge in [0, 0.05) is 23.8 Å². The average molecular weight is 361 g/mol. The highest BCUT2D eigenvalue weighted by atomic mass is 79.9. The predicted octanol–water partition coefficient (Wildman–Crippen LogP) is 5.25. The van der Waals surface area contributed by atoms with Crippen molar-refractivity contribution in [2.24, 2.45) is 4.99 Å². The second kappa shape index (κ2) is 6.61. The Morgan fingerprint density at radius 2 is 1.91 bits per heavy atom. The predicted molar refractivity (Wildman–Crippen MR) is 94.0 cm³/mol. The summed E-state index contributed by atoms with van der Waals surface area (Å²) in [6.45, 7) is 3.90. The van der Waals surface area contributed by atoms with Gasteiger partial charge in [-0.1, -0.05) is 22.0 Å². The van der Waals surface area contributed by atoms with E-state index < -0.39 is 0 Å². The van der Waals surface area contributed by atoms with Crippen LogP contribution in [0.25, 0.3) is 0 Å². The van der Waals surface area contributed by atoms with Crippen LogP contribution in [0.3, 0.4) is 0 Å². The molecule has 1 heterocycles. The first-order chi connectivity index (χ1) is 10.6. The maximum absolute atomic E-state index is 14.3. The maximum Gasteiger partial charge on any atom is 0.147 e. The fraction of sp³-hybridized carbons (Fsp3) is 0.278. The van der Waals surface area contributed by atoms with Gasteiger partial charge >= 0.3 is 0 Å². The zero-order chi connectivity index (χ0) is 15.5. The minimum atomic E-state index is -0.168. The highest BCUT2D eigenvalue weighted by molar-refractivity contribution is 9.10. The summed E-state index contributed by atoms with van der Waals surface area (Å²) in [7, 11) is 0. The van der Waals surface area contributed by atoms with Gasteiger partial charge in [-0.05, 0) is 61.2 Å². The molecule has 0 N–H and O–H groups in total. The molecule has 0 atom stereocenters. The third kappa shape index (κ3) is 3.38. The van der Waals surface area contributed by atoms with Crippen molar-refractivity contribution in [1.29, 1.82) is 0 Å². The largest absolute Gasteiger partial charge is 0.369 e. The lowest BCUT2D eigenvalue weighted by Crippen LogP contribution is -2.18. The number of hydrogen-bond acceptors (Lipinski definition) is 2. The lowest BCUT2D eigenvalue weighted by Gasteiger charge is -2.18. The molecule has 0 saturated carbocycles. The van der Waals surface area contributed by atoms with Crippen LogP contribution in [0, 0.1) is 12.7 Å². The molecule has 1 aliphatic rings. The Balaban J connectivity index is 1.80. The van der Waals surface area contributed by atoms with Gasteiger partial charge in [-0.3, -0.25) is 4.99 Å². The molecule has 4 heteroatoms. The molecule has 1 fully saturated rings. The summed E-state index contributed by atoms with van der Waals surface area (Å²) >= 11 is 3.44. The molecule has 0 bridgehead atoms. The highest BCUT2D eigenvalue weighted by Gasteiger charge is 2.15. The number of aryl methyl sites for hydroxylation is 1. The molecule has 3 rings (SSSR count). The van der Waals surface area contributed by atoms with Crippen LogP contribution in [0.2, 0.25) is 0 Å². The molecule has 1 aliphatic heterocycles. The zero-order valence-corrected chi connectivity index (χ0v) is 14.1. The number of aliphatic imine (C=N–C) groups is 1. The summed E-state index contributed by atoms with van der Waals surface area (Å²) in [6, 6.07) is 11.3. The van der Waals surface area contributed by atoms with E-state index in [0.717, 1.165) is 47.2 Å². The fourth-order valence-electron chi connectivity index (χ4n) is 2.73. The van der Waals surface area contributed by atoms with E-state index in [2.05, 4.69) is 25.8 Å². The molecule has 0 aliphatic carbocycles. The van der Waals surface area contributed by atoms with E-state index in [1.165, 1.54) is 0 Å². The van der Waals surface area contributed by atoms with Crippen molar-refractivity contribution in [3.8, 4) is 0 Å². The van der Waals surface area contributed by atoms with E-state index >= 15 is 0 Å². The van der Waals surface area contributed by atoms with Crippen molar-refractivity contribution in [3.05, 3.63) is 57.8 Å². The topological polar surface area (TPSA) is 15.6 Å². The number of hydrogen-bond donors (Lipinski definition) is 0. The monoisotopic (exact) mass is 360 g/mol. The van der Waals surface area contributed by atoms with Gasteiger partial charge in [-0.25, -0.2) is 4.39 Å². The van der Waals surface area contributed by atoms with Crippen LogP contribution < -0.4 is 4.90 Å². The van der Waals surface area contributed by atoms with Gasteiger partial charge in [0.25, 0.3) is 0 Å². The molecule has 114 valence electrons. The van der Waals surface area contributed by atoms with Crippen LogP contribution in [0.5, 0.6) is 0 Å². The van der Waals surface area contributed by atoms with E-state index in [-0.39, 0.29) is 5.82 Å². The van der Waals surface area contributed by atoms with E-state index in [1.54, 1.807) is 12.3 Å². The summed E-state index contributed by atoms with van der Waals surface area (Å²) in [6.07, 6.45) is 4.00. The summed E-state index contributed by atoms with van der Waals surface area (Å²) in [5, 5.41) is 0. The van der Waals surface area contributed by atoms with Crippen LogP contribution >= 0.6 is 15.9 Å². The Bertz CT molecular complexity index is 706. The second-order valence-corrected chi connectivity index (χ2v) is 6.51. The molecule has 1 saturated heterocycles. The fourth-order valence-corrected chi connectivity index (χ4v) is 3.20. The Labute approximate surface area is 138 Å². The molecular formula is C18H18BrFN2. The minimum absolute atomic E-state index is 0.168. The average Bonchev–Trinajstić information content (AvgIpc) is 3.00. The van der Waals surface area contributed by atoms with Gasteiger partial charge in [-0.2, -0.15) is 0 Å². The molecule has 0 radical (unpaired) electrons. The van der Waals surface area contributed by atoms with Crippen molar-refractivity contribution < 1.29 is 4.39 Å². The lowest BCUT2D eigenvalue weighted by atomic mass is 10.2. The van der Waals surface area contributed by atoms with Crippen LogP contribution in [0.1, 0.15) is 24.0 Å². The van der Waals surface area contributed by atoms with Crippen LogP contribution in [-0.4, -0.2) is 19.3 Å². The molecule has 2 nitrogen and oxygen atoms in total. The lowest BCUT2D eigenvalue weighted by molar-refractivity contribution is 0.623. The van der Waals surface area contributed by atoms with Crippen LogP contribution in [0.4, 0.5) is 15.8 Å². The highest BCUT2D eigenvalue weighted by Crippen LogP contribution is 2.25.